The van der Waals surface area contributed by atoms with E-state index in [1.165, 1.54) is 25.4 Å². The smallest absolute Gasteiger partial charge is 0.253 e. The number of nitrogens with one attached hydrogen (secondary N) is 1. The number of hydrogen-bond acceptors (Lipinski definition) is 6. The highest BCUT2D eigenvalue weighted by Gasteiger charge is 2.20. The summed E-state index contributed by atoms with van der Waals surface area (Å²) in [6, 6.07) is 8.36. The molecule has 4 rings (SSSR count). The summed E-state index contributed by atoms with van der Waals surface area (Å²) >= 11 is 0. The van der Waals surface area contributed by atoms with E-state index >= 15 is 0 Å². The molecule has 10 heteroatoms. The van der Waals surface area contributed by atoms with Gasteiger partial charge in [0.05, 0.1) is 19.0 Å². The molecule has 0 bridgehead atoms. The summed E-state index contributed by atoms with van der Waals surface area (Å²) < 4.78 is 35.7. The van der Waals surface area contributed by atoms with Crippen LogP contribution >= 0.6 is 0 Å². The highest BCUT2D eigenvalue weighted by Crippen LogP contribution is 2.31. The van der Waals surface area contributed by atoms with Gasteiger partial charge in [-0.2, -0.15) is 4.39 Å². The molecule has 4 aromatic rings. The normalized spacial score (nSPS) is 12.1. The fourth-order valence-electron chi connectivity index (χ4n) is 4.89. The van der Waals surface area contributed by atoms with Crippen LogP contribution in [0.5, 0.6) is 5.75 Å². The van der Waals surface area contributed by atoms with Gasteiger partial charge in [0.1, 0.15) is 0 Å². The summed E-state index contributed by atoms with van der Waals surface area (Å²) in [7, 11) is 7.30. The molecule has 1 unspecified atom stereocenters. The van der Waals surface area contributed by atoms with Crippen LogP contribution in [0.15, 0.2) is 48.9 Å². The number of benzene rings is 2. The monoisotopic (exact) mass is 564 g/mol. The number of carbonyl (C=O) groups excluding carboxylic acids is 1. The van der Waals surface area contributed by atoms with Gasteiger partial charge in [-0.1, -0.05) is 13.3 Å². The maximum Gasteiger partial charge on any atom is 0.253 e. The Labute approximate surface area is 240 Å². The van der Waals surface area contributed by atoms with Crippen molar-refractivity contribution in [2.75, 3.05) is 46.7 Å². The van der Waals surface area contributed by atoms with E-state index in [9.17, 15) is 13.6 Å². The molecule has 0 saturated heterocycles. The summed E-state index contributed by atoms with van der Waals surface area (Å²) in [4.78, 5) is 26.0. The Hall–Kier alpha value is -4.05. The first-order valence-corrected chi connectivity index (χ1v) is 13.8. The van der Waals surface area contributed by atoms with Crippen LogP contribution in [0.1, 0.15) is 42.1 Å². The Morgan fingerprint density at radius 1 is 1.07 bits per heavy atom. The second kappa shape index (κ2) is 13.1. The molecular formula is C31H38F2N6O2. The third-order valence-corrected chi connectivity index (χ3v) is 7.47. The van der Waals surface area contributed by atoms with Crippen molar-refractivity contribution in [2.45, 2.75) is 33.1 Å². The van der Waals surface area contributed by atoms with Crippen molar-refractivity contribution in [3.05, 3.63) is 71.7 Å². The first kappa shape index (κ1) is 29.9. The number of carbonyl (C=O) groups is 1. The van der Waals surface area contributed by atoms with Crippen molar-refractivity contribution in [1.29, 1.82) is 0 Å². The van der Waals surface area contributed by atoms with Crippen LogP contribution in [0.25, 0.3) is 16.9 Å². The molecule has 0 spiro atoms. The molecular weight excluding hydrogens is 526 g/mol. The van der Waals surface area contributed by atoms with Gasteiger partial charge in [-0.25, -0.2) is 14.4 Å². The predicted molar refractivity (Wildman–Crippen MR) is 158 cm³/mol. The van der Waals surface area contributed by atoms with Crippen molar-refractivity contribution >= 4 is 23.1 Å². The fourth-order valence-corrected chi connectivity index (χ4v) is 4.89. The first-order valence-electron chi connectivity index (χ1n) is 13.8. The number of aryl methyl sites for hydroxylation is 1. The molecule has 2 heterocycles. The topological polar surface area (TPSA) is 75.0 Å². The molecule has 0 aliphatic carbocycles. The summed E-state index contributed by atoms with van der Waals surface area (Å²) in [5.74, 6) is -1.23. The SMILES string of the molecule is CCC(CCN(C)C)CCN(C)C(=O)c1ccc(Nc2nccn3c(-c4ccc(OC)c(F)c4F)cnc23)cc1C. The second-order valence-electron chi connectivity index (χ2n) is 10.6. The molecule has 8 nitrogen and oxygen atoms in total. The van der Waals surface area contributed by atoms with Crippen molar-refractivity contribution in [2.24, 2.45) is 5.92 Å². The van der Waals surface area contributed by atoms with Gasteiger partial charge < -0.3 is 19.9 Å². The van der Waals surface area contributed by atoms with E-state index in [1.54, 1.807) is 21.7 Å². The summed E-state index contributed by atoms with van der Waals surface area (Å²) in [5, 5.41) is 3.25. The molecule has 218 valence electrons. The fraction of sp³-hybridized carbons (Fsp3) is 0.387. The number of aromatic nitrogens is 3. The standard InChI is InChI=1S/C31H38F2N6O2/c1-7-21(12-15-37(3)4)13-16-38(5)31(40)23-9-8-22(18-20(23)2)36-29-30-35-19-25(39(30)17-14-34-29)24-10-11-26(41-6)28(33)27(24)32/h8-11,14,17-19,21H,7,12-13,15-16H2,1-6H3,(H,34,36). The van der Waals surface area contributed by atoms with E-state index in [4.69, 9.17) is 4.74 Å². The summed E-state index contributed by atoms with van der Waals surface area (Å²) in [6.45, 7) is 5.86. The van der Waals surface area contributed by atoms with Crippen molar-refractivity contribution in [1.82, 2.24) is 24.2 Å². The first-order chi connectivity index (χ1) is 19.6. The lowest BCUT2D eigenvalue weighted by molar-refractivity contribution is 0.0784. The molecule has 0 aliphatic heterocycles. The third-order valence-electron chi connectivity index (χ3n) is 7.47. The number of fused-ring (bicyclic) bond motifs is 1. The van der Waals surface area contributed by atoms with Crippen LogP contribution in [0.3, 0.4) is 0 Å². The van der Waals surface area contributed by atoms with Gasteiger partial charge in [0.25, 0.3) is 5.91 Å². The molecule has 1 amide bonds. The Balaban J connectivity index is 1.50. The Morgan fingerprint density at radius 3 is 2.51 bits per heavy atom. The zero-order chi connectivity index (χ0) is 29.7. The Bertz CT molecular complexity index is 1520. The molecule has 0 radical (unpaired) electrons. The number of hydrogen-bond donors (Lipinski definition) is 1. The van der Waals surface area contributed by atoms with E-state index in [-0.39, 0.29) is 17.2 Å². The van der Waals surface area contributed by atoms with Crippen LogP contribution in [0, 0.1) is 24.5 Å². The summed E-state index contributed by atoms with van der Waals surface area (Å²) in [6.07, 6.45) is 7.85. The van der Waals surface area contributed by atoms with E-state index in [1.807, 2.05) is 32.2 Å². The summed E-state index contributed by atoms with van der Waals surface area (Å²) in [5.41, 5.74) is 3.07. The molecule has 41 heavy (non-hydrogen) atoms. The maximum atomic E-state index is 14.8. The van der Waals surface area contributed by atoms with Crippen molar-refractivity contribution in [3.8, 4) is 17.0 Å². The highest BCUT2D eigenvalue weighted by atomic mass is 19.2. The molecule has 1 atom stereocenters. The zero-order valence-corrected chi connectivity index (χ0v) is 24.5. The number of nitrogens with zero attached hydrogens (tertiary/aromatic N) is 5. The van der Waals surface area contributed by atoms with Gasteiger partial charge in [0.15, 0.2) is 23.0 Å². The van der Waals surface area contributed by atoms with Gasteiger partial charge in [0, 0.05) is 42.8 Å². The minimum absolute atomic E-state index is 0.0108. The number of amides is 1. The molecule has 2 aromatic heterocycles. The molecule has 0 aliphatic rings. The number of anilines is 2. The van der Waals surface area contributed by atoms with Crippen LogP contribution in [-0.4, -0.2) is 71.4 Å². The Morgan fingerprint density at radius 2 is 1.83 bits per heavy atom. The number of ether oxygens (including phenoxy) is 1. The lowest BCUT2D eigenvalue weighted by Gasteiger charge is -2.23. The van der Waals surface area contributed by atoms with Crippen LogP contribution in [0.4, 0.5) is 20.3 Å². The average Bonchev–Trinajstić information content (AvgIpc) is 3.39. The average molecular weight is 565 g/mol. The molecule has 1 N–H and O–H groups in total. The zero-order valence-electron chi connectivity index (χ0n) is 24.5. The number of methoxy groups -OCH3 is 1. The maximum absolute atomic E-state index is 14.8. The lowest BCUT2D eigenvalue weighted by Crippen LogP contribution is -2.30. The van der Waals surface area contributed by atoms with Crippen LogP contribution in [0.2, 0.25) is 0 Å². The molecule has 0 fully saturated rings. The minimum Gasteiger partial charge on any atom is -0.494 e. The van der Waals surface area contributed by atoms with E-state index in [2.05, 4.69) is 41.2 Å². The van der Waals surface area contributed by atoms with Gasteiger partial charge >= 0.3 is 0 Å². The number of imidazole rings is 1. The van der Waals surface area contributed by atoms with Gasteiger partial charge in [-0.3, -0.25) is 9.20 Å². The predicted octanol–water partition coefficient (Wildman–Crippen LogP) is 6.18. The third kappa shape index (κ3) is 6.65. The second-order valence-corrected chi connectivity index (χ2v) is 10.6. The van der Waals surface area contributed by atoms with Gasteiger partial charge in [-0.05, 0) is 82.2 Å². The lowest BCUT2D eigenvalue weighted by atomic mass is 9.97. The van der Waals surface area contributed by atoms with Crippen LogP contribution in [-0.2, 0) is 0 Å². The van der Waals surface area contributed by atoms with Gasteiger partial charge in [0.2, 0.25) is 5.82 Å². The molecule has 2 aromatic carbocycles. The molecule has 0 saturated carbocycles. The Kier molecular flexibility index (Phi) is 9.54. The minimum atomic E-state index is -1.06. The largest absolute Gasteiger partial charge is 0.494 e. The number of rotatable bonds is 12. The van der Waals surface area contributed by atoms with Crippen molar-refractivity contribution in [3.63, 3.8) is 0 Å². The van der Waals surface area contributed by atoms with E-state index in [0.717, 1.165) is 37.1 Å². The van der Waals surface area contributed by atoms with Crippen molar-refractivity contribution < 1.29 is 18.3 Å². The van der Waals surface area contributed by atoms with E-state index < -0.39 is 11.6 Å². The number of halogens is 2. The van der Waals surface area contributed by atoms with E-state index in [0.29, 0.717) is 35.2 Å². The van der Waals surface area contributed by atoms with Crippen LogP contribution < -0.4 is 10.1 Å². The van der Waals surface area contributed by atoms with Gasteiger partial charge in [-0.15, -0.1) is 0 Å². The quantitative estimate of drug-likeness (QED) is 0.222. The highest BCUT2D eigenvalue weighted by molar-refractivity contribution is 5.96.